The molecule has 1 unspecified atom stereocenters. The van der Waals surface area contributed by atoms with Gasteiger partial charge in [0.05, 0.1) is 31.7 Å². The van der Waals surface area contributed by atoms with Gasteiger partial charge in [-0.2, -0.15) is 5.10 Å². The average molecular weight is 474 g/mol. The van der Waals surface area contributed by atoms with Crippen LogP contribution in [0.15, 0.2) is 51.9 Å². The van der Waals surface area contributed by atoms with Gasteiger partial charge in [-0.25, -0.2) is 9.40 Å². The van der Waals surface area contributed by atoms with Crippen LogP contribution < -0.4 is 15.2 Å². The number of rotatable bonds is 7. The Morgan fingerprint density at radius 2 is 1.94 bits per heavy atom. The second-order valence-electron chi connectivity index (χ2n) is 6.82. The number of ether oxygens (including phenoxy) is 2. The Morgan fingerprint density at radius 3 is 2.59 bits per heavy atom. The molecule has 0 fully saturated rings. The van der Waals surface area contributed by atoms with E-state index >= 15 is 0 Å². The van der Waals surface area contributed by atoms with Gasteiger partial charge in [0.1, 0.15) is 5.82 Å². The van der Waals surface area contributed by atoms with E-state index < -0.39 is 0 Å². The maximum absolute atomic E-state index is 13.4. The standard InChI is InChI=1S/C21H20FN5O3S2/c1-29-17-8-5-13(9-18(17)30-2)16-10-15(12-3-6-14(22)7-4-12)26-27(16)19(28)11-31-21-25-24-20(23)32-21/h3-9,16H,10-11H2,1-2H3,(H2,23,24). The largest absolute Gasteiger partial charge is 0.493 e. The first-order chi connectivity index (χ1) is 15.5. The molecule has 11 heteroatoms. The summed E-state index contributed by atoms with van der Waals surface area (Å²) in [6, 6.07) is 11.2. The fraction of sp³-hybridized carbons (Fsp3) is 0.238. The van der Waals surface area contributed by atoms with Crippen LogP contribution in [-0.2, 0) is 4.79 Å². The van der Waals surface area contributed by atoms with Crippen molar-refractivity contribution in [1.29, 1.82) is 0 Å². The molecule has 1 atom stereocenters. The minimum atomic E-state index is -0.345. The van der Waals surface area contributed by atoms with E-state index in [0.29, 0.717) is 33.1 Å². The van der Waals surface area contributed by atoms with E-state index in [2.05, 4.69) is 15.3 Å². The second kappa shape index (κ2) is 9.53. The summed E-state index contributed by atoms with van der Waals surface area (Å²) in [4.78, 5) is 13.1. The van der Waals surface area contributed by atoms with Crippen LogP contribution in [0.5, 0.6) is 11.5 Å². The van der Waals surface area contributed by atoms with E-state index in [1.54, 1.807) is 32.4 Å². The third-order valence-corrected chi connectivity index (χ3v) is 6.75. The van der Waals surface area contributed by atoms with E-state index in [-0.39, 0.29) is 23.5 Å². The van der Waals surface area contributed by atoms with Crippen LogP contribution in [0.25, 0.3) is 0 Å². The summed E-state index contributed by atoms with van der Waals surface area (Å²) in [5.41, 5.74) is 7.92. The van der Waals surface area contributed by atoms with Crippen molar-refractivity contribution in [1.82, 2.24) is 15.2 Å². The van der Waals surface area contributed by atoms with Crippen molar-refractivity contribution in [3.05, 3.63) is 59.4 Å². The second-order valence-corrected chi connectivity index (χ2v) is 9.05. The van der Waals surface area contributed by atoms with E-state index in [1.165, 1.54) is 40.2 Å². The number of anilines is 1. The molecule has 1 amide bonds. The van der Waals surface area contributed by atoms with Crippen molar-refractivity contribution >= 4 is 39.8 Å². The molecular formula is C21H20FN5O3S2. The SMILES string of the molecule is COc1ccc(C2CC(c3ccc(F)cc3)=NN2C(=O)CSc2nnc(N)s2)cc1OC. The minimum Gasteiger partial charge on any atom is -0.493 e. The topological polar surface area (TPSA) is 103 Å². The Hall–Kier alpha value is -3.18. The number of methoxy groups -OCH3 is 2. The highest BCUT2D eigenvalue weighted by Crippen LogP contribution is 2.38. The molecule has 1 aliphatic heterocycles. The molecule has 8 nitrogen and oxygen atoms in total. The van der Waals surface area contributed by atoms with Crippen molar-refractivity contribution < 1.29 is 18.7 Å². The van der Waals surface area contributed by atoms with Gasteiger partial charge in [-0.1, -0.05) is 41.3 Å². The number of hydrogen-bond donors (Lipinski definition) is 1. The average Bonchev–Trinajstić information content (AvgIpc) is 3.44. The predicted octanol–water partition coefficient (Wildman–Crippen LogP) is 3.75. The molecule has 0 radical (unpaired) electrons. The summed E-state index contributed by atoms with van der Waals surface area (Å²) in [6.45, 7) is 0. The lowest BCUT2D eigenvalue weighted by Crippen LogP contribution is -2.28. The number of carbonyl (C=O) groups is 1. The summed E-state index contributed by atoms with van der Waals surface area (Å²) in [5.74, 6) is 0.756. The van der Waals surface area contributed by atoms with Gasteiger partial charge >= 0.3 is 0 Å². The predicted molar refractivity (Wildman–Crippen MR) is 122 cm³/mol. The first kappa shape index (κ1) is 22.0. The van der Waals surface area contributed by atoms with Gasteiger partial charge in [-0.05, 0) is 35.4 Å². The number of nitrogens with two attached hydrogens (primary N) is 1. The van der Waals surface area contributed by atoms with Crippen LogP contribution in [0, 0.1) is 5.82 Å². The molecule has 2 N–H and O–H groups in total. The number of carbonyl (C=O) groups excluding carboxylic acids is 1. The number of thioether (sulfide) groups is 1. The van der Waals surface area contributed by atoms with Gasteiger partial charge in [0.15, 0.2) is 15.8 Å². The normalized spacial score (nSPS) is 15.5. The van der Waals surface area contributed by atoms with E-state index in [4.69, 9.17) is 15.2 Å². The number of aromatic nitrogens is 2. The molecule has 0 spiro atoms. The van der Waals surface area contributed by atoms with Crippen molar-refractivity contribution in [2.45, 2.75) is 16.8 Å². The molecule has 1 aliphatic rings. The summed E-state index contributed by atoms with van der Waals surface area (Å²) < 4.78 is 24.7. The molecule has 0 aliphatic carbocycles. The first-order valence-electron chi connectivity index (χ1n) is 9.57. The molecule has 0 saturated carbocycles. The number of benzene rings is 2. The van der Waals surface area contributed by atoms with Crippen molar-refractivity contribution in [2.24, 2.45) is 5.10 Å². The summed E-state index contributed by atoms with van der Waals surface area (Å²) in [6.07, 6.45) is 0.475. The van der Waals surface area contributed by atoms with E-state index in [1.807, 2.05) is 12.1 Å². The Labute approximate surface area is 192 Å². The van der Waals surface area contributed by atoms with Crippen LogP contribution in [0.3, 0.4) is 0 Å². The smallest absolute Gasteiger partial charge is 0.253 e. The lowest BCUT2D eigenvalue weighted by Gasteiger charge is -2.22. The molecule has 2 heterocycles. The molecule has 166 valence electrons. The number of amides is 1. The van der Waals surface area contributed by atoms with Gasteiger partial charge in [-0.3, -0.25) is 4.79 Å². The zero-order valence-electron chi connectivity index (χ0n) is 17.3. The quantitative estimate of drug-likeness (QED) is 0.521. The molecule has 1 aromatic heterocycles. The minimum absolute atomic E-state index is 0.124. The molecule has 32 heavy (non-hydrogen) atoms. The molecule has 0 bridgehead atoms. The highest BCUT2D eigenvalue weighted by Gasteiger charge is 2.33. The molecule has 4 rings (SSSR count). The van der Waals surface area contributed by atoms with Crippen molar-refractivity contribution in [2.75, 3.05) is 25.7 Å². The zero-order chi connectivity index (χ0) is 22.7. The first-order valence-corrected chi connectivity index (χ1v) is 11.4. The summed E-state index contributed by atoms with van der Waals surface area (Å²) in [5, 5.41) is 14.1. The number of halogens is 1. The van der Waals surface area contributed by atoms with Gasteiger partial charge in [0.25, 0.3) is 5.91 Å². The third-order valence-electron chi connectivity index (χ3n) is 4.88. The van der Waals surface area contributed by atoms with Crippen molar-refractivity contribution in [3.63, 3.8) is 0 Å². The Kier molecular flexibility index (Phi) is 6.56. The van der Waals surface area contributed by atoms with Gasteiger partial charge in [0.2, 0.25) is 5.13 Å². The van der Waals surface area contributed by atoms with E-state index in [9.17, 15) is 9.18 Å². The van der Waals surface area contributed by atoms with Crippen LogP contribution in [-0.4, -0.2) is 46.8 Å². The molecule has 0 saturated heterocycles. The Bertz CT molecular complexity index is 1150. The zero-order valence-corrected chi connectivity index (χ0v) is 19.0. The van der Waals surface area contributed by atoms with Gasteiger partial charge < -0.3 is 15.2 Å². The monoisotopic (exact) mass is 473 g/mol. The Balaban J connectivity index is 1.62. The van der Waals surface area contributed by atoms with Crippen LogP contribution >= 0.6 is 23.1 Å². The lowest BCUT2D eigenvalue weighted by atomic mass is 9.98. The molecular weight excluding hydrogens is 453 g/mol. The fourth-order valence-corrected chi connectivity index (χ4v) is 4.83. The molecule has 2 aromatic carbocycles. The highest BCUT2D eigenvalue weighted by molar-refractivity contribution is 8.01. The van der Waals surface area contributed by atoms with Crippen molar-refractivity contribution in [3.8, 4) is 11.5 Å². The number of nitrogen functional groups attached to an aromatic ring is 1. The number of hydrazone groups is 1. The van der Waals surface area contributed by atoms with Gasteiger partial charge in [-0.15, -0.1) is 10.2 Å². The van der Waals surface area contributed by atoms with Crippen LogP contribution in [0.4, 0.5) is 9.52 Å². The van der Waals surface area contributed by atoms with E-state index in [0.717, 1.165) is 11.1 Å². The van der Waals surface area contributed by atoms with Crippen LogP contribution in [0.1, 0.15) is 23.6 Å². The maximum atomic E-state index is 13.4. The number of hydrogen-bond acceptors (Lipinski definition) is 9. The summed E-state index contributed by atoms with van der Waals surface area (Å²) >= 11 is 2.48. The van der Waals surface area contributed by atoms with Crippen LogP contribution in [0.2, 0.25) is 0 Å². The fourth-order valence-electron chi connectivity index (χ4n) is 3.35. The highest BCUT2D eigenvalue weighted by atomic mass is 32.2. The Morgan fingerprint density at radius 1 is 1.19 bits per heavy atom. The number of nitrogens with zero attached hydrogens (tertiary/aromatic N) is 4. The molecule has 3 aromatic rings. The maximum Gasteiger partial charge on any atom is 0.253 e. The summed E-state index contributed by atoms with van der Waals surface area (Å²) in [7, 11) is 3.13. The third kappa shape index (κ3) is 4.68. The lowest BCUT2D eigenvalue weighted by molar-refractivity contribution is -0.130. The van der Waals surface area contributed by atoms with Gasteiger partial charge in [0, 0.05) is 6.42 Å².